The van der Waals surface area contributed by atoms with E-state index in [4.69, 9.17) is 4.74 Å². The van der Waals surface area contributed by atoms with Gasteiger partial charge >= 0.3 is 0 Å². The quantitative estimate of drug-likeness (QED) is 0.778. The van der Waals surface area contributed by atoms with Gasteiger partial charge < -0.3 is 9.30 Å². The van der Waals surface area contributed by atoms with E-state index in [0.717, 1.165) is 16.7 Å². The third-order valence-corrected chi connectivity index (χ3v) is 2.39. The van der Waals surface area contributed by atoms with Gasteiger partial charge in [-0.15, -0.1) is 0 Å². The van der Waals surface area contributed by atoms with E-state index in [-0.39, 0.29) is 6.54 Å². The average Bonchev–Trinajstić information content (AvgIpc) is 2.61. The van der Waals surface area contributed by atoms with E-state index in [1.54, 1.807) is 16.8 Å². The van der Waals surface area contributed by atoms with Crippen molar-refractivity contribution in [3.05, 3.63) is 30.5 Å². The molecule has 1 aromatic heterocycles. The number of alkyl halides is 2. The summed E-state index contributed by atoms with van der Waals surface area (Å²) in [6.07, 6.45) is -0.658. The molecule has 0 unspecified atom stereocenters. The van der Waals surface area contributed by atoms with Crippen molar-refractivity contribution in [2.45, 2.75) is 19.9 Å². The Morgan fingerprint density at radius 2 is 2.12 bits per heavy atom. The first-order chi connectivity index (χ1) is 7.70. The number of rotatable bonds is 4. The molecular formula is C12H13F2NO. The zero-order valence-corrected chi connectivity index (χ0v) is 8.99. The summed E-state index contributed by atoms with van der Waals surface area (Å²) >= 11 is 0. The summed E-state index contributed by atoms with van der Waals surface area (Å²) in [5.74, 6) is 0.768. The molecule has 0 aliphatic rings. The Kier molecular flexibility index (Phi) is 3.08. The van der Waals surface area contributed by atoms with Gasteiger partial charge in [-0.25, -0.2) is 8.78 Å². The van der Waals surface area contributed by atoms with Gasteiger partial charge in [-0.2, -0.15) is 0 Å². The lowest BCUT2D eigenvalue weighted by Gasteiger charge is -2.06. The molecule has 4 heteroatoms. The van der Waals surface area contributed by atoms with Gasteiger partial charge in [0.25, 0.3) is 6.43 Å². The van der Waals surface area contributed by atoms with Gasteiger partial charge in [0.2, 0.25) is 0 Å². The number of benzene rings is 1. The summed E-state index contributed by atoms with van der Waals surface area (Å²) in [4.78, 5) is 0. The molecule has 0 atom stereocenters. The molecular weight excluding hydrogens is 212 g/mol. The monoisotopic (exact) mass is 225 g/mol. The molecule has 0 aliphatic carbocycles. The van der Waals surface area contributed by atoms with Crippen molar-refractivity contribution in [2.75, 3.05) is 6.61 Å². The molecule has 0 N–H and O–H groups in total. The van der Waals surface area contributed by atoms with E-state index in [2.05, 4.69) is 0 Å². The third kappa shape index (κ3) is 2.15. The third-order valence-electron chi connectivity index (χ3n) is 2.39. The van der Waals surface area contributed by atoms with Crippen molar-refractivity contribution < 1.29 is 13.5 Å². The van der Waals surface area contributed by atoms with Crippen molar-refractivity contribution in [1.82, 2.24) is 4.57 Å². The van der Waals surface area contributed by atoms with Gasteiger partial charge in [-0.1, -0.05) is 0 Å². The fourth-order valence-electron chi connectivity index (χ4n) is 1.74. The summed E-state index contributed by atoms with van der Waals surface area (Å²) < 4.78 is 31.5. The Morgan fingerprint density at radius 3 is 2.81 bits per heavy atom. The molecule has 0 saturated carbocycles. The predicted molar refractivity (Wildman–Crippen MR) is 59.1 cm³/mol. The Bertz CT molecular complexity index is 479. The van der Waals surface area contributed by atoms with Crippen LogP contribution >= 0.6 is 0 Å². The highest BCUT2D eigenvalue weighted by Crippen LogP contribution is 2.22. The molecule has 1 heterocycles. The van der Waals surface area contributed by atoms with Gasteiger partial charge in [-0.3, -0.25) is 0 Å². The first-order valence-electron chi connectivity index (χ1n) is 5.20. The van der Waals surface area contributed by atoms with E-state index in [0.29, 0.717) is 6.61 Å². The Balaban J connectivity index is 2.34. The second-order valence-electron chi connectivity index (χ2n) is 3.51. The van der Waals surface area contributed by atoms with E-state index >= 15 is 0 Å². The lowest BCUT2D eigenvalue weighted by atomic mass is 10.2. The Hall–Kier alpha value is -1.58. The second kappa shape index (κ2) is 4.51. The van der Waals surface area contributed by atoms with E-state index in [1.165, 1.54) is 0 Å². The van der Waals surface area contributed by atoms with Crippen LogP contribution in [0.3, 0.4) is 0 Å². The van der Waals surface area contributed by atoms with E-state index < -0.39 is 6.43 Å². The Labute approximate surface area is 92.4 Å². The first-order valence-corrected chi connectivity index (χ1v) is 5.20. The maximum absolute atomic E-state index is 12.3. The highest BCUT2D eigenvalue weighted by Gasteiger charge is 2.07. The van der Waals surface area contributed by atoms with Crippen molar-refractivity contribution >= 4 is 10.9 Å². The number of nitrogens with zero attached hydrogens (tertiary/aromatic N) is 1. The molecule has 0 spiro atoms. The molecule has 2 rings (SSSR count). The lowest BCUT2D eigenvalue weighted by Crippen LogP contribution is -2.04. The molecule has 86 valence electrons. The van der Waals surface area contributed by atoms with Crippen LogP contribution in [0.25, 0.3) is 10.9 Å². The fraction of sp³-hybridized carbons (Fsp3) is 0.333. The maximum atomic E-state index is 12.3. The normalized spacial score (nSPS) is 11.2. The Morgan fingerprint density at radius 1 is 1.31 bits per heavy atom. The lowest BCUT2D eigenvalue weighted by molar-refractivity contribution is 0.128. The minimum atomic E-state index is -2.33. The highest BCUT2D eigenvalue weighted by molar-refractivity contribution is 5.81. The van der Waals surface area contributed by atoms with Crippen molar-refractivity contribution in [3.63, 3.8) is 0 Å². The topological polar surface area (TPSA) is 14.2 Å². The molecule has 1 aromatic carbocycles. The first kappa shape index (κ1) is 10.9. The average molecular weight is 225 g/mol. The SMILES string of the molecule is CCOc1ccc2c(ccn2CC(F)F)c1. The van der Waals surface area contributed by atoms with Gasteiger partial charge in [0.1, 0.15) is 5.75 Å². The molecule has 2 aromatic rings. The van der Waals surface area contributed by atoms with Crippen LogP contribution in [0.4, 0.5) is 8.78 Å². The van der Waals surface area contributed by atoms with Crippen LogP contribution < -0.4 is 4.74 Å². The second-order valence-corrected chi connectivity index (χ2v) is 3.51. The van der Waals surface area contributed by atoms with Crippen LogP contribution in [0.2, 0.25) is 0 Å². The van der Waals surface area contributed by atoms with E-state index in [9.17, 15) is 8.78 Å². The predicted octanol–water partition coefficient (Wildman–Crippen LogP) is 3.31. The molecule has 0 bridgehead atoms. The standard InChI is InChI=1S/C12H13F2NO/c1-2-16-10-3-4-11-9(7-10)5-6-15(11)8-12(13)14/h3-7,12H,2,8H2,1H3. The number of hydrogen-bond acceptors (Lipinski definition) is 1. The van der Waals surface area contributed by atoms with E-state index in [1.807, 2.05) is 25.1 Å². The van der Waals surface area contributed by atoms with Gasteiger partial charge in [0, 0.05) is 17.1 Å². The van der Waals surface area contributed by atoms with Crippen molar-refractivity contribution in [2.24, 2.45) is 0 Å². The number of fused-ring (bicyclic) bond motifs is 1. The smallest absolute Gasteiger partial charge is 0.256 e. The molecule has 0 saturated heterocycles. The van der Waals surface area contributed by atoms with Gasteiger partial charge in [-0.05, 0) is 31.2 Å². The molecule has 0 fully saturated rings. The summed E-state index contributed by atoms with van der Waals surface area (Å²) in [5, 5.41) is 0.923. The number of halogens is 2. The summed E-state index contributed by atoms with van der Waals surface area (Å²) in [5.41, 5.74) is 0.809. The van der Waals surface area contributed by atoms with Crippen LogP contribution in [0.15, 0.2) is 30.5 Å². The van der Waals surface area contributed by atoms with Crippen LogP contribution in [0.1, 0.15) is 6.92 Å². The molecule has 0 aliphatic heterocycles. The summed E-state index contributed by atoms with van der Waals surface area (Å²) in [6, 6.07) is 7.29. The van der Waals surface area contributed by atoms with Crippen LogP contribution in [0.5, 0.6) is 5.75 Å². The van der Waals surface area contributed by atoms with Gasteiger partial charge in [0.15, 0.2) is 0 Å². The number of hydrogen-bond donors (Lipinski definition) is 0. The van der Waals surface area contributed by atoms with Crippen molar-refractivity contribution in [3.8, 4) is 5.75 Å². The zero-order chi connectivity index (χ0) is 11.5. The maximum Gasteiger partial charge on any atom is 0.256 e. The summed E-state index contributed by atoms with van der Waals surface area (Å²) in [7, 11) is 0. The van der Waals surface area contributed by atoms with Crippen LogP contribution in [-0.4, -0.2) is 17.6 Å². The van der Waals surface area contributed by atoms with Crippen LogP contribution in [-0.2, 0) is 6.54 Å². The van der Waals surface area contributed by atoms with Crippen molar-refractivity contribution in [1.29, 1.82) is 0 Å². The largest absolute Gasteiger partial charge is 0.494 e. The highest BCUT2D eigenvalue weighted by atomic mass is 19.3. The molecule has 16 heavy (non-hydrogen) atoms. The molecule has 0 amide bonds. The fourth-order valence-corrected chi connectivity index (χ4v) is 1.74. The minimum absolute atomic E-state index is 0.266. The number of ether oxygens (including phenoxy) is 1. The van der Waals surface area contributed by atoms with Crippen LogP contribution in [0, 0.1) is 0 Å². The number of aromatic nitrogens is 1. The summed E-state index contributed by atoms with van der Waals surface area (Å²) in [6.45, 7) is 2.24. The van der Waals surface area contributed by atoms with Gasteiger partial charge in [0.05, 0.1) is 13.2 Å². The molecule has 0 radical (unpaired) electrons. The minimum Gasteiger partial charge on any atom is -0.494 e. The molecule has 2 nitrogen and oxygen atoms in total. The zero-order valence-electron chi connectivity index (χ0n) is 8.99.